The second-order valence-electron chi connectivity index (χ2n) is 9.05. The van der Waals surface area contributed by atoms with Crippen molar-refractivity contribution in [1.29, 1.82) is 0 Å². The molecule has 0 aliphatic rings. The molecule has 0 fully saturated rings. The quantitative estimate of drug-likeness (QED) is 0.131. The Morgan fingerprint density at radius 1 is 0.765 bits per heavy atom. The Balaban J connectivity index is 1.67. The fraction of sp³-hybridized carbons (Fsp3) is 0.290. The predicted octanol–water partition coefficient (Wildman–Crippen LogP) is 8.25. The lowest BCUT2D eigenvalue weighted by atomic mass is 10.0. The van der Waals surface area contributed by atoms with E-state index in [1.54, 1.807) is 13.0 Å². The van der Waals surface area contributed by atoms with Gasteiger partial charge in [0.15, 0.2) is 11.6 Å². The van der Waals surface area contributed by atoms with E-state index in [4.69, 9.17) is 0 Å². The summed E-state index contributed by atoms with van der Waals surface area (Å²) in [5.41, 5.74) is 4.60. The van der Waals surface area contributed by atoms with E-state index in [-0.39, 0.29) is 11.6 Å². The lowest BCUT2D eigenvalue weighted by Gasteiger charge is -2.08. The molecule has 0 bridgehead atoms. The zero-order chi connectivity index (χ0) is 23.9. The molecule has 0 spiro atoms. The SMILES string of the molecule is CCCCCCCCn1c2ccc(C(C)=O)cc2c2cc(C(=O)/C=C/c3ccccc3)ccc21. The minimum absolute atomic E-state index is 0.0229. The van der Waals surface area contributed by atoms with Gasteiger partial charge in [-0.25, -0.2) is 0 Å². The Bertz CT molecular complexity index is 1330. The van der Waals surface area contributed by atoms with Crippen LogP contribution in [0.2, 0.25) is 0 Å². The van der Waals surface area contributed by atoms with Crippen LogP contribution in [0.1, 0.15) is 78.7 Å². The lowest BCUT2D eigenvalue weighted by molar-refractivity contribution is 0.101. The van der Waals surface area contributed by atoms with Crippen LogP contribution in [0.5, 0.6) is 0 Å². The van der Waals surface area contributed by atoms with Crippen molar-refractivity contribution in [3.63, 3.8) is 0 Å². The summed E-state index contributed by atoms with van der Waals surface area (Å²) in [4.78, 5) is 25.0. The molecule has 4 rings (SSSR count). The van der Waals surface area contributed by atoms with E-state index in [1.807, 2.05) is 60.7 Å². The average molecular weight is 452 g/mol. The zero-order valence-electron chi connectivity index (χ0n) is 20.2. The molecule has 3 aromatic carbocycles. The maximum absolute atomic E-state index is 12.9. The van der Waals surface area contributed by atoms with E-state index < -0.39 is 0 Å². The van der Waals surface area contributed by atoms with Crippen molar-refractivity contribution < 1.29 is 9.59 Å². The van der Waals surface area contributed by atoms with Gasteiger partial charge in [0, 0.05) is 39.5 Å². The van der Waals surface area contributed by atoms with Gasteiger partial charge in [0.05, 0.1) is 0 Å². The zero-order valence-corrected chi connectivity index (χ0v) is 20.2. The molecule has 0 aliphatic heterocycles. The molecule has 34 heavy (non-hydrogen) atoms. The summed E-state index contributed by atoms with van der Waals surface area (Å²) in [5, 5.41) is 2.07. The van der Waals surface area contributed by atoms with Crippen molar-refractivity contribution in [2.75, 3.05) is 0 Å². The number of nitrogens with zero attached hydrogens (tertiary/aromatic N) is 1. The third kappa shape index (κ3) is 5.36. The van der Waals surface area contributed by atoms with Crippen molar-refractivity contribution in [2.24, 2.45) is 0 Å². The molecule has 174 valence electrons. The number of unbranched alkanes of at least 4 members (excludes halogenated alkanes) is 5. The number of hydrogen-bond acceptors (Lipinski definition) is 2. The first kappa shape index (κ1) is 23.7. The minimum atomic E-state index is -0.0229. The molecule has 1 aromatic heterocycles. The van der Waals surface area contributed by atoms with Gasteiger partial charge in [-0.2, -0.15) is 0 Å². The molecular formula is C31H33NO2. The highest BCUT2D eigenvalue weighted by molar-refractivity contribution is 6.14. The number of aromatic nitrogens is 1. The number of ketones is 2. The molecule has 0 N–H and O–H groups in total. The maximum Gasteiger partial charge on any atom is 0.185 e. The van der Waals surface area contributed by atoms with Crippen LogP contribution in [0.25, 0.3) is 27.9 Å². The topological polar surface area (TPSA) is 39.1 Å². The first-order valence-electron chi connectivity index (χ1n) is 12.4. The second kappa shape index (κ2) is 11.1. The molecule has 0 aliphatic carbocycles. The molecule has 3 heteroatoms. The molecule has 3 nitrogen and oxygen atoms in total. The Morgan fingerprint density at radius 2 is 1.38 bits per heavy atom. The molecule has 0 saturated heterocycles. The Kier molecular flexibility index (Phi) is 7.74. The Labute approximate surface area is 202 Å². The van der Waals surface area contributed by atoms with Gasteiger partial charge in [-0.05, 0) is 61.4 Å². The molecule has 4 aromatic rings. The predicted molar refractivity (Wildman–Crippen MR) is 143 cm³/mol. The molecule has 1 heterocycles. The van der Waals surface area contributed by atoms with Crippen LogP contribution in [-0.2, 0) is 6.54 Å². The molecule has 0 radical (unpaired) electrons. The second-order valence-corrected chi connectivity index (χ2v) is 9.05. The molecule has 0 unspecified atom stereocenters. The number of rotatable bonds is 11. The van der Waals surface area contributed by atoms with Gasteiger partial charge in [-0.1, -0.05) is 75.4 Å². The van der Waals surface area contributed by atoms with Crippen LogP contribution >= 0.6 is 0 Å². The highest BCUT2D eigenvalue weighted by Crippen LogP contribution is 2.31. The smallest absolute Gasteiger partial charge is 0.185 e. The van der Waals surface area contributed by atoms with Gasteiger partial charge in [-0.3, -0.25) is 9.59 Å². The molecule has 0 amide bonds. The molecule has 0 saturated carbocycles. The van der Waals surface area contributed by atoms with E-state index >= 15 is 0 Å². The third-order valence-electron chi connectivity index (χ3n) is 6.52. The van der Waals surface area contributed by atoms with Crippen LogP contribution in [-0.4, -0.2) is 16.1 Å². The number of aryl methyl sites for hydroxylation is 1. The monoisotopic (exact) mass is 451 g/mol. The first-order chi connectivity index (χ1) is 16.6. The summed E-state index contributed by atoms with van der Waals surface area (Å²) in [6, 6.07) is 21.7. The van der Waals surface area contributed by atoms with Gasteiger partial charge in [0.2, 0.25) is 0 Å². The van der Waals surface area contributed by atoms with Gasteiger partial charge in [-0.15, -0.1) is 0 Å². The fourth-order valence-corrected chi connectivity index (χ4v) is 4.60. The number of benzene rings is 3. The average Bonchev–Trinajstić information content (AvgIpc) is 3.17. The highest BCUT2D eigenvalue weighted by atomic mass is 16.1. The van der Waals surface area contributed by atoms with Crippen molar-refractivity contribution in [3.05, 3.63) is 89.5 Å². The lowest BCUT2D eigenvalue weighted by Crippen LogP contribution is -1.99. The number of allylic oxidation sites excluding steroid dienone is 1. The maximum atomic E-state index is 12.9. The normalized spacial score (nSPS) is 11.6. The minimum Gasteiger partial charge on any atom is -0.340 e. The van der Waals surface area contributed by atoms with Crippen molar-refractivity contribution in [1.82, 2.24) is 4.57 Å². The van der Waals surface area contributed by atoms with Gasteiger partial charge in [0.25, 0.3) is 0 Å². The van der Waals surface area contributed by atoms with E-state index in [2.05, 4.69) is 23.6 Å². The number of carbonyl (C=O) groups excluding carboxylic acids is 2. The molecular weight excluding hydrogens is 418 g/mol. The summed E-state index contributed by atoms with van der Waals surface area (Å²) >= 11 is 0. The van der Waals surface area contributed by atoms with Gasteiger partial charge < -0.3 is 4.57 Å². The third-order valence-corrected chi connectivity index (χ3v) is 6.52. The van der Waals surface area contributed by atoms with Crippen LogP contribution in [0.15, 0.2) is 72.8 Å². The standard InChI is InChI=1S/C31H33NO2/c1-3-4-5-6-7-11-20-32-29-17-15-25(23(2)33)21-27(29)28-22-26(16-18-30(28)32)31(34)19-14-24-12-9-8-10-13-24/h8-10,12-19,21-22H,3-7,11,20H2,1-2H3/b19-14+. The van der Waals surface area contributed by atoms with Crippen molar-refractivity contribution in [2.45, 2.75) is 58.9 Å². The number of Topliss-reactive ketones (excluding diaryl/α,β-unsaturated/α-hetero) is 1. The number of hydrogen-bond donors (Lipinski definition) is 0. The Morgan fingerprint density at radius 3 is 2.06 bits per heavy atom. The molecule has 0 atom stereocenters. The Hall–Kier alpha value is -3.46. The summed E-state index contributed by atoms with van der Waals surface area (Å²) < 4.78 is 2.35. The van der Waals surface area contributed by atoms with Crippen LogP contribution in [0, 0.1) is 0 Å². The van der Waals surface area contributed by atoms with Crippen molar-refractivity contribution in [3.8, 4) is 0 Å². The summed E-state index contributed by atoms with van der Waals surface area (Å²) in [7, 11) is 0. The van der Waals surface area contributed by atoms with Crippen LogP contribution in [0.4, 0.5) is 0 Å². The van der Waals surface area contributed by atoms with E-state index in [1.165, 1.54) is 32.1 Å². The van der Waals surface area contributed by atoms with Crippen molar-refractivity contribution >= 4 is 39.4 Å². The van der Waals surface area contributed by atoms with Crippen LogP contribution in [0.3, 0.4) is 0 Å². The van der Waals surface area contributed by atoms with E-state index in [0.717, 1.165) is 40.3 Å². The number of carbonyl (C=O) groups is 2. The van der Waals surface area contributed by atoms with Gasteiger partial charge in [0.1, 0.15) is 0 Å². The largest absolute Gasteiger partial charge is 0.340 e. The van der Waals surface area contributed by atoms with Crippen LogP contribution < -0.4 is 0 Å². The first-order valence-corrected chi connectivity index (χ1v) is 12.4. The summed E-state index contributed by atoms with van der Waals surface area (Å²) in [6.07, 6.45) is 10.9. The number of fused-ring (bicyclic) bond motifs is 3. The summed E-state index contributed by atoms with van der Waals surface area (Å²) in [5.74, 6) is 0.0297. The van der Waals surface area contributed by atoms with E-state index in [0.29, 0.717) is 11.1 Å². The van der Waals surface area contributed by atoms with E-state index in [9.17, 15) is 9.59 Å². The summed E-state index contributed by atoms with van der Waals surface area (Å²) in [6.45, 7) is 4.77. The van der Waals surface area contributed by atoms with Gasteiger partial charge >= 0.3 is 0 Å². The fourth-order valence-electron chi connectivity index (χ4n) is 4.60. The highest BCUT2D eigenvalue weighted by Gasteiger charge is 2.14.